The second-order valence-corrected chi connectivity index (χ2v) is 2.84. The summed E-state index contributed by atoms with van der Waals surface area (Å²) in [5, 5.41) is 11.9. The van der Waals surface area contributed by atoms with Crippen LogP contribution in [0.25, 0.3) is 0 Å². The molecule has 0 aliphatic carbocycles. The average Bonchev–Trinajstić information content (AvgIpc) is 2.12. The molecule has 0 heterocycles. The number of methoxy groups -OCH3 is 1. The van der Waals surface area contributed by atoms with Gasteiger partial charge in [0.2, 0.25) is 0 Å². The van der Waals surface area contributed by atoms with Crippen molar-refractivity contribution in [1.82, 2.24) is 5.32 Å². The topological polar surface area (TPSA) is 58.6 Å². The highest BCUT2D eigenvalue weighted by Gasteiger charge is 2.35. The summed E-state index contributed by atoms with van der Waals surface area (Å²) in [5.74, 6) is -0.890. The molecule has 1 atom stereocenters. The van der Waals surface area contributed by atoms with E-state index in [0.29, 0.717) is 13.0 Å². The fourth-order valence-electron chi connectivity index (χ4n) is 1.08. The van der Waals surface area contributed by atoms with Gasteiger partial charge in [-0.3, -0.25) is 10.1 Å². The van der Waals surface area contributed by atoms with Gasteiger partial charge in [-0.2, -0.15) is 0 Å². The normalized spacial score (nSPS) is 14.9. The monoisotopic (exact) mass is 187 g/mol. The number of carboxylic acid groups (broad SMARTS) is 1. The molecule has 0 saturated heterocycles. The number of carboxylic acids is 1. The first-order chi connectivity index (χ1) is 6.13. The van der Waals surface area contributed by atoms with Gasteiger partial charge in [0.05, 0.1) is 6.61 Å². The molecule has 0 spiro atoms. The van der Waals surface area contributed by atoms with E-state index in [9.17, 15) is 4.79 Å². The zero-order chi connectivity index (χ0) is 10.3. The zero-order valence-electron chi connectivity index (χ0n) is 8.17. The minimum Gasteiger partial charge on any atom is -0.480 e. The van der Waals surface area contributed by atoms with E-state index >= 15 is 0 Å². The minimum atomic E-state index is -0.983. The first-order valence-electron chi connectivity index (χ1n) is 4.21. The van der Waals surface area contributed by atoms with Crippen LogP contribution in [0.15, 0.2) is 12.7 Å². The number of carbonyl (C=O) groups is 1. The molecule has 4 nitrogen and oxygen atoms in total. The van der Waals surface area contributed by atoms with E-state index in [-0.39, 0.29) is 6.61 Å². The smallest absolute Gasteiger partial charge is 0.326 e. The van der Waals surface area contributed by atoms with E-state index < -0.39 is 11.5 Å². The van der Waals surface area contributed by atoms with Gasteiger partial charge in [0.15, 0.2) is 0 Å². The van der Waals surface area contributed by atoms with Gasteiger partial charge in [0.25, 0.3) is 0 Å². The first-order valence-corrected chi connectivity index (χ1v) is 4.21. The largest absolute Gasteiger partial charge is 0.480 e. The molecule has 0 saturated carbocycles. The number of hydrogen-bond acceptors (Lipinski definition) is 3. The highest BCUT2D eigenvalue weighted by atomic mass is 16.5. The predicted octanol–water partition coefficient (Wildman–Crippen LogP) is 0.642. The van der Waals surface area contributed by atoms with Crippen LogP contribution < -0.4 is 5.32 Å². The van der Waals surface area contributed by atoms with Crippen LogP contribution in [-0.4, -0.2) is 36.9 Å². The summed E-state index contributed by atoms with van der Waals surface area (Å²) in [4.78, 5) is 11.0. The number of nitrogens with one attached hydrogen (secondary N) is 1. The van der Waals surface area contributed by atoms with Crippen LogP contribution in [-0.2, 0) is 9.53 Å². The molecule has 0 aliphatic rings. The molecule has 2 N–H and O–H groups in total. The zero-order valence-corrected chi connectivity index (χ0v) is 8.17. The Hall–Kier alpha value is -0.870. The second kappa shape index (κ2) is 5.72. The third-order valence-corrected chi connectivity index (χ3v) is 1.99. The highest BCUT2D eigenvalue weighted by Crippen LogP contribution is 2.10. The molecule has 0 bridgehead atoms. The second-order valence-electron chi connectivity index (χ2n) is 2.84. The molecule has 4 heteroatoms. The Morgan fingerprint density at radius 1 is 1.77 bits per heavy atom. The summed E-state index contributed by atoms with van der Waals surface area (Å²) in [6, 6.07) is 0. The molecule has 0 rings (SSSR count). The summed E-state index contributed by atoms with van der Waals surface area (Å²) < 4.78 is 4.88. The molecule has 0 radical (unpaired) electrons. The van der Waals surface area contributed by atoms with Gasteiger partial charge in [-0.15, -0.1) is 6.58 Å². The molecule has 0 aliphatic heterocycles. The van der Waals surface area contributed by atoms with E-state index in [1.807, 2.05) is 6.92 Å². The summed E-state index contributed by atoms with van der Waals surface area (Å²) in [7, 11) is 1.49. The lowest BCUT2D eigenvalue weighted by Crippen LogP contribution is -2.55. The Bertz CT molecular complexity index is 182. The van der Waals surface area contributed by atoms with Crippen molar-refractivity contribution >= 4 is 5.97 Å². The van der Waals surface area contributed by atoms with Crippen LogP contribution in [0.2, 0.25) is 0 Å². The maximum Gasteiger partial charge on any atom is 0.326 e. The van der Waals surface area contributed by atoms with Gasteiger partial charge in [-0.25, -0.2) is 0 Å². The number of rotatable bonds is 7. The molecular weight excluding hydrogens is 170 g/mol. The number of hydrogen-bond donors (Lipinski definition) is 2. The molecule has 76 valence electrons. The van der Waals surface area contributed by atoms with E-state index in [0.717, 1.165) is 0 Å². The fraction of sp³-hybridized carbons (Fsp3) is 0.667. The van der Waals surface area contributed by atoms with Gasteiger partial charge in [0.1, 0.15) is 5.54 Å². The quantitative estimate of drug-likeness (QED) is 0.574. The standard InChI is InChI=1S/C9H17NO3/c1-4-6-10-9(5-2,7-13-3)8(11)12/h4,10H,1,5-7H2,2-3H3,(H,11,12). The van der Waals surface area contributed by atoms with Crippen molar-refractivity contribution in [2.75, 3.05) is 20.3 Å². The van der Waals surface area contributed by atoms with Gasteiger partial charge in [-0.05, 0) is 6.42 Å². The lowest BCUT2D eigenvalue weighted by Gasteiger charge is -2.27. The molecule has 0 aromatic heterocycles. The summed E-state index contributed by atoms with van der Waals surface area (Å²) >= 11 is 0. The van der Waals surface area contributed by atoms with Crippen molar-refractivity contribution in [2.45, 2.75) is 18.9 Å². The Balaban J connectivity index is 4.43. The van der Waals surface area contributed by atoms with Crippen molar-refractivity contribution < 1.29 is 14.6 Å². The molecule has 0 fully saturated rings. The van der Waals surface area contributed by atoms with Gasteiger partial charge in [0, 0.05) is 13.7 Å². The number of aliphatic carboxylic acids is 1. The maximum absolute atomic E-state index is 11.0. The van der Waals surface area contributed by atoms with E-state index in [1.165, 1.54) is 7.11 Å². The molecule has 0 aromatic rings. The van der Waals surface area contributed by atoms with E-state index in [4.69, 9.17) is 9.84 Å². The van der Waals surface area contributed by atoms with Crippen LogP contribution in [0.5, 0.6) is 0 Å². The van der Waals surface area contributed by atoms with Crippen molar-refractivity contribution in [2.24, 2.45) is 0 Å². The molecule has 13 heavy (non-hydrogen) atoms. The fourth-order valence-corrected chi connectivity index (χ4v) is 1.08. The predicted molar refractivity (Wildman–Crippen MR) is 50.7 cm³/mol. The van der Waals surface area contributed by atoms with Crippen LogP contribution >= 0.6 is 0 Å². The lowest BCUT2D eigenvalue weighted by atomic mass is 9.97. The lowest BCUT2D eigenvalue weighted by molar-refractivity contribution is -0.147. The highest BCUT2D eigenvalue weighted by molar-refractivity contribution is 5.79. The minimum absolute atomic E-state index is 0.159. The third kappa shape index (κ3) is 3.16. The van der Waals surface area contributed by atoms with Gasteiger partial charge >= 0.3 is 5.97 Å². The van der Waals surface area contributed by atoms with Crippen LogP contribution in [0.1, 0.15) is 13.3 Å². The van der Waals surface area contributed by atoms with Crippen molar-refractivity contribution in [1.29, 1.82) is 0 Å². The first kappa shape index (κ1) is 12.1. The molecule has 0 amide bonds. The van der Waals surface area contributed by atoms with E-state index in [1.54, 1.807) is 6.08 Å². The van der Waals surface area contributed by atoms with Crippen LogP contribution in [0.4, 0.5) is 0 Å². The molecule has 1 unspecified atom stereocenters. The van der Waals surface area contributed by atoms with Gasteiger partial charge in [-0.1, -0.05) is 13.0 Å². The summed E-state index contributed by atoms with van der Waals surface area (Å²) in [6.07, 6.45) is 2.10. The maximum atomic E-state index is 11.0. The Kier molecular flexibility index (Phi) is 5.34. The average molecular weight is 187 g/mol. The van der Waals surface area contributed by atoms with Crippen molar-refractivity contribution in [3.05, 3.63) is 12.7 Å². The number of ether oxygens (including phenoxy) is 1. The Morgan fingerprint density at radius 2 is 2.38 bits per heavy atom. The summed E-state index contributed by atoms with van der Waals surface area (Å²) in [6.45, 7) is 5.95. The molecule has 0 aromatic carbocycles. The Labute approximate surface area is 78.6 Å². The Morgan fingerprint density at radius 3 is 2.69 bits per heavy atom. The SMILES string of the molecule is C=CCNC(CC)(COC)C(=O)O. The molecular formula is C9H17NO3. The third-order valence-electron chi connectivity index (χ3n) is 1.99. The van der Waals surface area contributed by atoms with Crippen molar-refractivity contribution in [3.63, 3.8) is 0 Å². The van der Waals surface area contributed by atoms with Gasteiger partial charge < -0.3 is 9.84 Å². The van der Waals surface area contributed by atoms with E-state index in [2.05, 4.69) is 11.9 Å². The summed E-state index contributed by atoms with van der Waals surface area (Å²) in [5.41, 5.74) is -0.983. The van der Waals surface area contributed by atoms with Crippen LogP contribution in [0, 0.1) is 0 Å². The van der Waals surface area contributed by atoms with Crippen molar-refractivity contribution in [3.8, 4) is 0 Å². The van der Waals surface area contributed by atoms with Crippen LogP contribution in [0.3, 0.4) is 0 Å².